The number of ether oxygens (including phenoxy) is 1. The van der Waals surface area contributed by atoms with Crippen molar-refractivity contribution in [2.45, 2.75) is 13.0 Å². The largest absolute Gasteiger partial charge is 0.487 e. The van der Waals surface area contributed by atoms with Crippen LogP contribution in [0.4, 0.5) is 0 Å². The molecule has 0 bridgehead atoms. The van der Waals surface area contributed by atoms with Gasteiger partial charge in [0.15, 0.2) is 0 Å². The first kappa shape index (κ1) is 18.3. The molecule has 3 heterocycles. The van der Waals surface area contributed by atoms with Crippen LogP contribution in [0.2, 0.25) is 0 Å². The molecule has 0 atom stereocenters. The number of nitrogens with one attached hydrogen (secondary N) is 1. The van der Waals surface area contributed by atoms with Crippen molar-refractivity contribution in [1.29, 1.82) is 0 Å². The van der Waals surface area contributed by atoms with Gasteiger partial charge in [-0.15, -0.1) is 11.3 Å². The number of carbonyl (C=O) groups is 2. The van der Waals surface area contributed by atoms with E-state index in [1.54, 1.807) is 17.7 Å². The Morgan fingerprint density at radius 3 is 2.63 bits per heavy atom. The molecule has 27 heavy (non-hydrogen) atoms. The Morgan fingerprint density at radius 2 is 1.96 bits per heavy atom. The van der Waals surface area contributed by atoms with E-state index in [1.807, 2.05) is 24.4 Å². The number of H-pyrrole nitrogens is 1. The number of rotatable bonds is 4. The third-order valence-corrected chi connectivity index (χ3v) is 4.53. The van der Waals surface area contributed by atoms with Gasteiger partial charge in [-0.2, -0.15) is 0 Å². The number of carboxylic acids is 2. The number of benzene rings is 1. The molecule has 2 aromatic heterocycles. The van der Waals surface area contributed by atoms with Gasteiger partial charge in [-0.3, -0.25) is 0 Å². The van der Waals surface area contributed by atoms with Crippen molar-refractivity contribution < 1.29 is 24.5 Å². The summed E-state index contributed by atoms with van der Waals surface area (Å²) < 4.78 is 5.75. The predicted octanol–water partition coefficient (Wildman–Crippen LogP) is 2.73. The van der Waals surface area contributed by atoms with Crippen molar-refractivity contribution in [3.8, 4) is 17.0 Å². The minimum absolute atomic E-state index is 0.558. The van der Waals surface area contributed by atoms with E-state index in [1.165, 1.54) is 4.88 Å². The first-order chi connectivity index (χ1) is 13.0. The average molecular weight is 385 g/mol. The molecule has 1 aliphatic heterocycles. The summed E-state index contributed by atoms with van der Waals surface area (Å²) in [5.41, 5.74) is 3.17. The van der Waals surface area contributed by atoms with Crippen molar-refractivity contribution in [3.63, 3.8) is 0 Å². The molecule has 0 spiro atoms. The highest BCUT2D eigenvalue weighted by molar-refractivity contribution is 7.12. The maximum absolute atomic E-state index is 9.55. The van der Waals surface area contributed by atoms with Crippen LogP contribution in [0.25, 0.3) is 11.3 Å². The Morgan fingerprint density at radius 1 is 1.22 bits per heavy atom. The number of aliphatic carboxylic acids is 2. The molecule has 138 valence electrons. The zero-order valence-electron chi connectivity index (χ0n) is 14.0. The standard InChI is InChI=1S/C14H11N3OS.C4H4O4/c1-2-4-11-10(3-1)14-12(7-18-11)19-13(17-14)5-9-6-15-8-16-9;5-3(6)1-2-4(7)8/h1-4,6,8H,5,7H2,(H,15,16);1-2H,(H,5,6)(H,7,8)/b;2-1+. The fraction of sp³-hybridized carbons (Fsp3) is 0.111. The van der Waals surface area contributed by atoms with E-state index in [0.29, 0.717) is 18.8 Å². The topological polar surface area (TPSA) is 125 Å². The molecular formula is C18H15N3O5S. The molecule has 0 unspecified atom stereocenters. The molecule has 0 aliphatic carbocycles. The maximum atomic E-state index is 9.55. The SMILES string of the molecule is O=C(O)/C=C/C(=O)O.c1ccc2c(c1)OCc1sc(Cc3c[nH]cn3)nc1-2. The van der Waals surface area contributed by atoms with Crippen LogP contribution in [-0.4, -0.2) is 37.1 Å². The van der Waals surface area contributed by atoms with Gasteiger partial charge in [0.05, 0.1) is 27.6 Å². The molecule has 0 saturated carbocycles. The molecular weight excluding hydrogens is 370 g/mol. The third kappa shape index (κ3) is 4.79. The second-order valence-corrected chi connectivity index (χ2v) is 6.58. The zero-order valence-corrected chi connectivity index (χ0v) is 14.8. The highest BCUT2D eigenvalue weighted by Gasteiger charge is 2.21. The van der Waals surface area contributed by atoms with Crippen molar-refractivity contribution in [1.82, 2.24) is 15.0 Å². The highest BCUT2D eigenvalue weighted by Crippen LogP contribution is 2.39. The summed E-state index contributed by atoms with van der Waals surface area (Å²) in [5.74, 6) is -1.59. The predicted molar refractivity (Wildman–Crippen MR) is 97.7 cm³/mol. The number of aromatic amines is 1. The summed E-state index contributed by atoms with van der Waals surface area (Å²) in [4.78, 5) is 32.3. The summed E-state index contributed by atoms with van der Waals surface area (Å²) in [7, 11) is 0. The summed E-state index contributed by atoms with van der Waals surface area (Å²) >= 11 is 1.71. The lowest BCUT2D eigenvalue weighted by Gasteiger charge is -2.15. The second-order valence-electron chi connectivity index (χ2n) is 5.41. The minimum Gasteiger partial charge on any atom is -0.487 e. The Labute approximate surface area is 157 Å². The third-order valence-electron chi connectivity index (χ3n) is 3.50. The van der Waals surface area contributed by atoms with Crippen LogP contribution in [0.5, 0.6) is 5.75 Å². The van der Waals surface area contributed by atoms with Crippen LogP contribution in [0.1, 0.15) is 15.6 Å². The van der Waals surface area contributed by atoms with E-state index in [2.05, 4.69) is 16.0 Å². The van der Waals surface area contributed by atoms with Gasteiger partial charge in [-0.25, -0.2) is 19.6 Å². The van der Waals surface area contributed by atoms with Crippen LogP contribution >= 0.6 is 11.3 Å². The van der Waals surface area contributed by atoms with Gasteiger partial charge in [0, 0.05) is 30.3 Å². The molecule has 0 radical (unpaired) electrons. The van der Waals surface area contributed by atoms with Crippen LogP contribution in [0.3, 0.4) is 0 Å². The van der Waals surface area contributed by atoms with Gasteiger partial charge in [-0.1, -0.05) is 12.1 Å². The molecule has 3 N–H and O–H groups in total. The van der Waals surface area contributed by atoms with Gasteiger partial charge in [0.1, 0.15) is 12.4 Å². The number of fused-ring (bicyclic) bond motifs is 3. The van der Waals surface area contributed by atoms with Gasteiger partial charge in [0.25, 0.3) is 0 Å². The van der Waals surface area contributed by atoms with E-state index >= 15 is 0 Å². The molecule has 1 aromatic carbocycles. The van der Waals surface area contributed by atoms with Crippen LogP contribution in [0.15, 0.2) is 48.9 Å². The first-order valence-electron chi connectivity index (χ1n) is 7.85. The molecule has 0 fully saturated rings. The van der Waals surface area contributed by atoms with Crippen LogP contribution in [0, 0.1) is 0 Å². The van der Waals surface area contributed by atoms with E-state index in [9.17, 15) is 9.59 Å². The summed E-state index contributed by atoms with van der Waals surface area (Å²) in [6.45, 7) is 0.616. The van der Waals surface area contributed by atoms with Crippen molar-refractivity contribution in [2.75, 3.05) is 0 Å². The van der Waals surface area contributed by atoms with Gasteiger partial charge < -0.3 is 19.9 Å². The highest BCUT2D eigenvalue weighted by atomic mass is 32.1. The fourth-order valence-corrected chi connectivity index (χ4v) is 3.41. The van der Waals surface area contributed by atoms with Gasteiger partial charge >= 0.3 is 11.9 Å². The number of carboxylic acid groups (broad SMARTS) is 2. The number of para-hydroxylation sites is 1. The molecule has 1 aliphatic rings. The normalized spacial score (nSPS) is 11.7. The molecule has 0 amide bonds. The number of thiazole rings is 1. The lowest BCUT2D eigenvalue weighted by molar-refractivity contribution is -0.134. The van der Waals surface area contributed by atoms with Crippen molar-refractivity contribution in [3.05, 3.63) is 64.5 Å². The smallest absolute Gasteiger partial charge is 0.328 e. The number of imidazole rings is 1. The van der Waals surface area contributed by atoms with E-state index < -0.39 is 11.9 Å². The summed E-state index contributed by atoms with van der Waals surface area (Å²) in [5, 5.41) is 16.7. The Bertz CT molecular complexity index is 963. The molecule has 0 saturated heterocycles. The summed E-state index contributed by atoms with van der Waals surface area (Å²) in [6, 6.07) is 8.06. The Kier molecular flexibility index (Phi) is 5.62. The maximum Gasteiger partial charge on any atom is 0.328 e. The van der Waals surface area contributed by atoms with Crippen molar-refractivity contribution >= 4 is 23.3 Å². The van der Waals surface area contributed by atoms with Crippen molar-refractivity contribution in [2.24, 2.45) is 0 Å². The lowest BCUT2D eigenvalue weighted by atomic mass is 10.1. The second kappa shape index (κ2) is 8.28. The monoisotopic (exact) mass is 385 g/mol. The zero-order chi connectivity index (χ0) is 19.2. The van der Waals surface area contributed by atoms with E-state index in [4.69, 9.17) is 19.9 Å². The average Bonchev–Trinajstić information content (AvgIpc) is 3.30. The van der Waals surface area contributed by atoms with Gasteiger partial charge in [-0.05, 0) is 12.1 Å². The minimum atomic E-state index is -1.26. The number of hydrogen-bond donors (Lipinski definition) is 3. The first-order valence-corrected chi connectivity index (χ1v) is 8.67. The fourth-order valence-electron chi connectivity index (χ4n) is 2.40. The Hall–Kier alpha value is -3.46. The van der Waals surface area contributed by atoms with Gasteiger partial charge in [0.2, 0.25) is 0 Å². The quantitative estimate of drug-likeness (QED) is 0.590. The summed E-state index contributed by atoms with van der Waals surface area (Å²) in [6.07, 6.45) is 5.49. The Balaban J connectivity index is 0.000000226. The van der Waals surface area contributed by atoms with Crippen LogP contribution in [-0.2, 0) is 22.6 Å². The molecule has 8 nitrogen and oxygen atoms in total. The molecule has 3 aromatic rings. The number of hydrogen-bond acceptors (Lipinski definition) is 6. The molecule has 4 rings (SSSR count). The number of nitrogens with zero attached hydrogens (tertiary/aromatic N) is 2. The number of aromatic nitrogens is 3. The van der Waals surface area contributed by atoms with Crippen LogP contribution < -0.4 is 4.74 Å². The molecule has 9 heteroatoms. The van der Waals surface area contributed by atoms with E-state index in [-0.39, 0.29) is 0 Å². The lowest BCUT2D eigenvalue weighted by Crippen LogP contribution is -2.02. The van der Waals surface area contributed by atoms with E-state index in [0.717, 1.165) is 34.1 Å².